The van der Waals surface area contributed by atoms with Gasteiger partial charge in [0.15, 0.2) is 0 Å². The Labute approximate surface area is 177 Å². The highest BCUT2D eigenvalue weighted by atomic mass is 16.5. The van der Waals surface area contributed by atoms with Crippen molar-refractivity contribution in [2.75, 3.05) is 13.1 Å². The van der Waals surface area contributed by atoms with Crippen LogP contribution in [0, 0.1) is 0 Å². The number of pyridine rings is 1. The summed E-state index contributed by atoms with van der Waals surface area (Å²) in [7, 11) is 0. The van der Waals surface area contributed by atoms with Crippen molar-refractivity contribution in [1.82, 2.24) is 19.9 Å². The van der Waals surface area contributed by atoms with Gasteiger partial charge in [0, 0.05) is 36.5 Å². The number of aromatic nitrogens is 3. The first kappa shape index (κ1) is 20.3. The van der Waals surface area contributed by atoms with Crippen LogP contribution in [0.5, 0.6) is 5.75 Å². The quantitative estimate of drug-likeness (QED) is 0.672. The van der Waals surface area contributed by atoms with Crippen LogP contribution < -0.4 is 10.3 Å². The highest BCUT2D eigenvalue weighted by Crippen LogP contribution is 2.28. The van der Waals surface area contributed by atoms with Crippen LogP contribution >= 0.6 is 0 Å². The maximum Gasteiger partial charge on any atom is 0.251 e. The van der Waals surface area contributed by atoms with Gasteiger partial charge in [0.2, 0.25) is 0 Å². The van der Waals surface area contributed by atoms with Crippen molar-refractivity contribution in [3.63, 3.8) is 0 Å². The van der Waals surface area contributed by atoms with Crippen molar-refractivity contribution in [2.45, 2.75) is 45.3 Å². The molecule has 0 bridgehead atoms. The first-order chi connectivity index (χ1) is 14.6. The fourth-order valence-corrected chi connectivity index (χ4v) is 3.96. The standard InChI is InChI=1S/C24H28N4O2/c1-17(2)30-21-7-3-5-18(13-21)16-28-11-8-19(9-12-28)22-14-23(29)27-24(26-22)20-6-4-10-25-15-20/h3-7,10,13-15,17,19H,8-9,11-12,16H2,1-2H3,(H,26,27,29). The molecule has 0 aliphatic carbocycles. The second kappa shape index (κ2) is 9.22. The van der Waals surface area contributed by atoms with E-state index in [1.165, 1.54) is 5.56 Å². The minimum absolute atomic E-state index is 0.108. The van der Waals surface area contributed by atoms with Crippen LogP contribution in [0.3, 0.4) is 0 Å². The first-order valence-electron chi connectivity index (χ1n) is 10.6. The van der Waals surface area contributed by atoms with E-state index in [2.05, 4.69) is 33.1 Å². The predicted molar refractivity (Wildman–Crippen MR) is 118 cm³/mol. The Balaban J connectivity index is 1.40. The fraction of sp³-hybridized carbons (Fsp3) is 0.375. The zero-order chi connectivity index (χ0) is 20.9. The van der Waals surface area contributed by atoms with Crippen LogP contribution in [-0.2, 0) is 6.54 Å². The molecule has 0 radical (unpaired) electrons. The maximum absolute atomic E-state index is 12.2. The lowest BCUT2D eigenvalue weighted by atomic mass is 9.93. The molecule has 156 valence electrons. The Bertz CT molecular complexity index is 1020. The van der Waals surface area contributed by atoms with Crippen molar-refractivity contribution in [3.8, 4) is 17.1 Å². The molecule has 0 saturated carbocycles. The summed E-state index contributed by atoms with van der Waals surface area (Å²) < 4.78 is 5.81. The number of likely N-dealkylation sites (tertiary alicyclic amines) is 1. The zero-order valence-electron chi connectivity index (χ0n) is 17.5. The molecule has 6 nitrogen and oxygen atoms in total. The Morgan fingerprint density at radius 1 is 1.17 bits per heavy atom. The third kappa shape index (κ3) is 5.13. The smallest absolute Gasteiger partial charge is 0.251 e. The van der Waals surface area contributed by atoms with E-state index >= 15 is 0 Å². The average Bonchev–Trinajstić information content (AvgIpc) is 2.74. The summed E-state index contributed by atoms with van der Waals surface area (Å²) in [6.07, 6.45) is 5.60. The lowest BCUT2D eigenvalue weighted by Gasteiger charge is -2.31. The molecular formula is C24H28N4O2. The predicted octanol–water partition coefficient (Wildman–Crippen LogP) is 4.00. The highest BCUT2D eigenvalue weighted by Gasteiger charge is 2.23. The van der Waals surface area contributed by atoms with Crippen molar-refractivity contribution in [1.29, 1.82) is 0 Å². The van der Waals surface area contributed by atoms with Crippen LogP contribution in [0.25, 0.3) is 11.4 Å². The molecule has 0 spiro atoms. The lowest BCUT2D eigenvalue weighted by molar-refractivity contribution is 0.202. The van der Waals surface area contributed by atoms with Gasteiger partial charge < -0.3 is 9.72 Å². The van der Waals surface area contributed by atoms with Gasteiger partial charge in [-0.05, 0) is 69.6 Å². The minimum atomic E-state index is -0.108. The van der Waals surface area contributed by atoms with Gasteiger partial charge >= 0.3 is 0 Å². The summed E-state index contributed by atoms with van der Waals surface area (Å²) in [5.41, 5.74) is 2.87. The van der Waals surface area contributed by atoms with E-state index in [9.17, 15) is 4.79 Å². The SMILES string of the molecule is CC(C)Oc1cccc(CN2CCC(c3cc(=O)[nH]c(-c4cccnc4)n3)CC2)c1. The topological polar surface area (TPSA) is 71.1 Å². The number of H-pyrrole nitrogens is 1. The number of piperidine rings is 1. The monoisotopic (exact) mass is 404 g/mol. The van der Waals surface area contributed by atoms with Crippen LogP contribution in [0.1, 0.15) is 43.9 Å². The summed E-state index contributed by atoms with van der Waals surface area (Å²) >= 11 is 0. The molecule has 3 heterocycles. The minimum Gasteiger partial charge on any atom is -0.491 e. The molecule has 1 N–H and O–H groups in total. The van der Waals surface area contributed by atoms with E-state index in [1.54, 1.807) is 18.5 Å². The van der Waals surface area contributed by atoms with Gasteiger partial charge in [0.25, 0.3) is 5.56 Å². The molecule has 1 aliphatic heterocycles. The van der Waals surface area contributed by atoms with Gasteiger partial charge in [-0.3, -0.25) is 14.7 Å². The third-order valence-electron chi connectivity index (χ3n) is 5.38. The second-order valence-corrected chi connectivity index (χ2v) is 8.12. The Morgan fingerprint density at radius 3 is 2.73 bits per heavy atom. The number of rotatable bonds is 6. The number of hydrogen-bond donors (Lipinski definition) is 1. The van der Waals surface area contributed by atoms with E-state index in [-0.39, 0.29) is 11.7 Å². The van der Waals surface area contributed by atoms with Crippen LogP contribution in [-0.4, -0.2) is 39.0 Å². The average molecular weight is 405 g/mol. The van der Waals surface area contributed by atoms with E-state index in [1.807, 2.05) is 32.0 Å². The molecule has 6 heteroatoms. The van der Waals surface area contributed by atoms with Crippen molar-refractivity contribution in [3.05, 3.63) is 76.5 Å². The van der Waals surface area contributed by atoms with Gasteiger partial charge in [-0.25, -0.2) is 4.98 Å². The summed E-state index contributed by atoms with van der Waals surface area (Å²) in [5, 5.41) is 0. The number of hydrogen-bond acceptors (Lipinski definition) is 5. The number of nitrogens with one attached hydrogen (secondary N) is 1. The molecule has 0 unspecified atom stereocenters. The Morgan fingerprint density at radius 2 is 2.00 bits per heavy atom. The molecule has 0 atom stereocenters. The van der Waals surface area contributed by atoms with Gasteiger partial charge in [-0.2, -0.15) is 0 Å². The molecule has 2 aromatic heterocycles. The normalized spacial score (nSPS) is 15.4. The Hall–Kier alpha value is -2.99. The van der Waals surface area contributed by atoms with Gasteiger partial charge in [-0.15, -0.1) is 0 Å². The van der Waals surface area contributed by atoms with Gasteiger partial charge in [0.05, 0.1) is 11.8 Å². The summed E-state index contributed by atoms with van der Waals surface area (Å²) in [5.74, 6) is 1.82. The molecule has 1 aliphatic rings. The first-order valence-corrected chi connectivity index (χ1v) is 10.6. The maximum atomic E-state index is 12.2. The third-order valence-corrected chi connectivity index (χ3v) is 5.38. The van der Waals surface area contributed by atoms with Crippen molar-refractivity contribution >= 4 is 0 Å². The number of nitrogens with zero attached hydrogens (tertiary/aromatic N) is 3. The molecule has 30 heavy (non-hydrogen) atoms. The molecule has 3 aromatic rings. The highest BCUT2D eigenvalue weighted by molar-refractivity contribution is 5.52. The van der Waals surface area contributed by atoms with E-state index in [4.69, 9.17) is 9.72 Å². The second-order valence-electron chi connectivity index (χ2n) is 8.12. The molecule has 0 amide bonds. The number of benzene rings is 1. The number of ether oxygens (including phenoxy) is 1. The molecule has 4 rings (SSSR count). The molecule has 1 aromatic carbocycles. The molecule has 1 fully saturated rings. The summed E-state index contributed by atoms with van der Waals surface area (Å²) in [6, 6.07) is 13.7. The summed E-state index contributed by atoms with van der Waals surface area (Å²) in [6.45, 7) is 6.96. The van der Waals surface area contributed by atoms with Crippen LogP contribution in [0.15, 0.2) is 59.7 Å². The van der Waals surface area contributed by atoms with E-state index in [0.717, 1.165) is 49.5 Å². The zero-order valence-corrected chi connectivity index (χ0v) is 17.5. The Kier molecular flexibility index (Phi) is 6.23. The summed E-state index contributed by atoms with van der Waals surface area (Å²) in [4.78, 5) is 26.4. The largest absolute Gasteiger partial charge is 0.491 e. The van der Waals surface area contributed by atoms with E-state index in [0.29, 0.717) is 11.7 Å². The molecular weight excluding hydrogens is 376 g/mol. The molecule has 1 saturated heterocycles. The van der Waals surface area contributed by atoms with Crippen molar-refractivity contribution < 1.29 is 4.74 Å². The van der Waals surface area contributed by atoms with Crippen LogP contribution in [0.4, 0.5) is 0 Å². The lowest BCUT2D eigenvalue weighted by Crippen LogP contribution is -2.33. The van der Waals surface area contributed by atoms with Gasteiger partial charge in [0.1, 0.15) is 11.6 Å². The van der Waals surface area contributed by atoms with Crippen LogP contribution in [0.2, 0.25) is 0 Å². The van der Waals surface area contributed by atoms with Gasteiger partial charge in [-0.1, -0.05) is 12.1 Å². The van der Waals surface area contributed by atoms with Crippen molar-refractivity contribution in [2.24, 2.45) is 0 Å². The fourth-order valence-electron chi connectivity index (χ4n) is 3.96. The number of aromatic amines is 1. The van der Waals surface area contributed by atoms with E-state index < -0.39 is 0 Å².